The van der Waals surface area contributed by atoms with E-state index in [0.717, 1.165) is 11.1 Å². The molecule has 0 aliphatic heterocycles. The Morgan fingerprint density at radius 2 is 2.12 bits per heavy atom. The summed E-state index contributed by atoms with van der Waals surface area (Å²) in [5, 5.41) is 11.2. The molecule has 4 heterocycles. The normalized spacial score (nSPS) is 11.6. The van der Waals surface area contributed by atoms with Gasteiger partial charge in [0.2, 0.25) is 0 Å². The second-order valence-electron chi connectivity index (χ2n) is 5.89. The van der Waals surface area contributed by atoms with E-state index in [9.17, 15) is 4.79 Å². The van der Waals surface area contributed by atoms with Crippen molar-refractivity contribution in [2.24, 2.45) is 0 Å². The van der Waals surface area contributed by atoms with E-state index in [1.54, 1.807) is 28.2 Å². The number of nitrogen functional groups attached to an aromatic ring is 1. The summed E-state index contributed by atoms with van der Waals surface area (Å²) in [5.74, 6) is 0.0979. The van der Waals surface area contributed by atoms with Gasteiger partial charge in [0.15, 0.2) is 11.5 Å². The van der Waals surface area contributed by atoms with E-state index in [0.29, 0.717) is 17.0 Å². The van der Waals surface area contributed by atoms with E-state index in [4.69, 9.17) is 5.73 Å². The van der Waals surface area contributed by atoms with Gasteiger partial charge in [0.05, 0.1) is 11.8 Å². The fourth-order valence-corrected chi connectivity index (χ4v) is 4.17. The largest absolute Gasteiger partial charge is 0.439 e. The quantitative estimate of drug-likeness (QED) is 0.498. The summed E-state index contributed by atoms with van der Waals surface area (Å²) in [6.07, 6.45) is 3.27. The molecular weight excluding hydrogens is 352 g/mol. The van der Waals surface area contributed by atoms with Crippen molar-refractivity contribution in [3.63, 3.8) is 0 Å². The number of hydrogen-bond donors (Lipinski definition) is 2. The van der Waals surface area contributed by atoms with Crippen molar-refractivity contribution in [1.29, 1.82) is 0 Å². The van der Waals surface area contributed by atoms with E-state index < -0.39 is 5.76 Å². The molecule has 0 unspecified atom stereocenters. The third kappa shape index (κ3) is 2.01. The van der Waals surface area contributed by atoms with Crippen LogP contribution >= 0.6 is 11.3 Å². The molecule has 0 atom stereocenters. The highest BCUT2D eigenvalue weighted by Gasteiger charge is 2.18. The molecule has 0 aliphatic carbocycles. The van der Waals surface area contributed by atoms with Gasteiger partial charge in [0.1, 0.15) is 5.82 Å². The Bertz CT molecular complexity index is 1340. The van der Waals surface area contributed by atoms with Crippen molar-refractivity contribution in [3.05, 3.63) is 52.1 Å². The van der Waals surface area contributed by atoms with Crippen LogP contribution in [0.1, 0.15) is 5.56 Å². The summed E-state index contributed by atoms with van der Waals surface area (Å²) >= 11 is 1.67. The number of nitrogens with zero attached hydrogens (tertiary/aromatic N) is 4. The Morgan fingerprint density at radius 3 is 2.92 bits per heavy atom. The molecule has 0 amide bonds. The first-order valence-electron chi connectivity index (χ1n) is 7.79. The summed E-state index contributed by atoms with van der Waals surface area (Å²) in [6.45, 7) is 2.08. The van der Waals surface area contributed by atoms with Gasteiger partial charge in [-0.2, -0.15) is 9.61 Å². The van der Waals surface area contributed by atoms with Gasteiger partial charge in [-0.05, 0) is 18.6 Å². The average Bonchev–Trinajstić information content (AvgIpc) is 3.33. The first-order valence-corrected chi connectivity index (χ1v) is 8.67. The lowest BCUT2D eigenvalue weighted by atomic mass is 10.0. The molecule has 4 aromatic heterocycles. The number of thiophene rings is 1. The molecule has 0 bridgehead atoms. The van der Waals surface area contributed by atoms with E-state index >= 15 is 0 Å². The lowest BCUT2D eigenvalue weighted by Gasteiger charge is -2.08. The topological polar surface area (TPSA) is 115 Å². The van der Waals surface area contributed by atoms with Crippen molar-refractivity contribution in [3.8, 4) is 22.5 Å². The van der Waals surface area contributed by atoms with Gasteiger partial charge in [-0.25, -0.2) is 9.78 Å². The minimum atomic E-state index is -0.635. The second kappa shape index (κ2) is 5.27. The van der Waals surface area contributed by atoms with Crippen LogP contribution < -0.4 is 11.5 Å². The smallest absolute Gasteiger partial charge is 0.383 e. The average molecular weight is 364 g/mol. The van der Waals surface area contributed by atoms with Crippen molar-refractivity contribution in [2.45, 2.75) is 6.92 Å². The summed E-state index contributed by atoms with van der Waals surface area (Å²) in [5.41, 5.74) is 10.4. The lowest BCUT2D eigenvalue weighted by Crippen LogP contribution is -2.03. The van der Waals surface area contributed by atoms with Gasteiger partial charge in [-0.15, -0.1) is 11.3 Å². The number of benzene rings is 1. The molecule has 3 N–H and O–H groups in total. The lowest BCUT2D eigenvalue weighted by molar-refractivity contribution is 0.388. The van der Waals surface area contributed by atoms with Crippen LogP contribution in [0.4, 0.5) is 5.82 Å². The molecule has 0 spiro atoms. The highest BCUT2D eigenvalue weighted by molar-refractivity contribution is 7.17. The van der Waals surface area contributed by atoms with E-state index in [2.05, 4.69) is 49.2 Å². The minimum absolute atomic E-state index is 0.265. The zero-order chi connectivity index (χ0) is 17.8. The number of nitrogens with one attached hydrogen (secondary N) is 1. The molecule has 5 rings (SSSR count). The summed E-state index contributed by atoms with van der Waals surface area (Å²) in [6, 6.07) is 6.21. The first-order chi connectivity index (χ1) is 12.6. The Morgan fingerprint density at radius 1 is 1.23 bits per heavy atom. The van der Waals surface area contributed by atoms with Crippen LogP contribution in [0, 0.1) is 6.92 Å². The van der Waals surface area contributed by atoms with Crippen LogP contribution in [0.2, 0.25) is 0 Å². The van der Waals surface area contributed by atoms with Crippen LogP contribution in [0.5, 0.6) is 0 Å². The number of hydrogen-bond acceptors (Lipinski definition) is 7. The number of aromatic amines is 1. The monoisotopic (exact) mass is 364 g/mol. The molecule has 0 aliphatic rings. The standard InChI is InChI=1S/C17H12N6O2S/c1-8-3-2-4-12-13(8)11(7-26-12)9-5-19-16-10(6-20-23(16)14(9)18)15-21-17(24)25-22-15/h2-7H,18H2,1H3,(H,21,22,24). The Labute approximate surface area is 149 Å². The van der Waals surface area contributed by atoms with E-state index in [1.165, 1.54) is 15.6 Å². The number of nitrogens with two attached hydrogens (primary N) is 1. The number of anilines is 1. The molecule has 0 radical (unpaired) electrons. The zero-order valence-corrected chi connectivity index (χ0v) is 14.4. The predicted molar refractivity (Wildman–Crippen MR) is 99.1 cm³/mol. The third-order valence-corrected chi connectivity index (χ3v) is 5.30. The van der Waals surface area contributed by atoms with Crippen LogP contribution in [0.25, 0.3) is 38.2 Å². The molecule has 8 nitrogen and oxygen atoms in total. The van der Waals surface area contributed by atoms with Gasteiger partial charge in [-0.1, -0.05) is 17.3 Å². The summed E-state index contributed by atoms with van der Waals surface area (Å²) in [4.78, 5) is 18.2. The molecule has 0 saturated carbocycles. The van der Waals surface area contributed by atoms with Crippen LogP contribution in [-0.4, -0.2) is 24.7 Å². The Balaban J connectivity index is 1.75. The molecule has 1 aromatic carbocycles. The maximum atomic E-state index is 11.2. The van der Waals surface area contributed by atoms with Gasteiger partial charge >= 0.3 is 5.76 Å². The fraction of sp³-hybridized carbons (Fsp3) is 0.0588. The van der Waals surface area contributed by atoms with Crippen molar-refractivity contribution < 1.29 is 4.52 Å². The first kappa shape index (κ1) is 14.8. The maximum Gasteiger partial charge on any atom is 0.439 e. The van der Waals surface area contributed by atoms with E-state index in [-0.39, 0.29) is 5.82 Å². The number of fused-ring (bicyclic) bond motifs is 2. The number of rotatable bonds is 2. The zero-order valence-electron chi connectivity index (χ0n) is 13.6. The van der Waals surface area contributed by atoms with Crippen LogP contribution in [0.15, 0.2) is 45.3 Å². The Kier molecular flexibility index (Phi) is 3.01. The minimum Gasteiger partial charge on any atom is -0.383 e. The number of aromatic nitrogens is 5. The Hall–Kier alpha value is -3.46. The molecular formula is C17H12N6O2S. The highest BCUT2D eigenvalue weighted by Crippen LogP contribution is 2.38. The summed E-state index contributed by atoms with van der Waals surface area (Å²) in [7, 11) is 0. The van der Waals surface area contributed by atoms with Crippen molar-refractivity contribution in [1.82, 2.24) is 24.7 Å². The van der Waals surface area contributed by atoms with E-state index in [1.807, 2.05) is 6.07 Å². The van der Waals surface area contributed by atoms with Crippen LogP contribution in [-0.2, 0) is 0 Å². The third-order valence-electron chi connectivity index (χ3n) is 4.36. The van der Waals surface area contributed by atoms with Gasteiger partial charge in [0, 0.05) is 32.8 Å². The molecule has 5 aromatic rings. The molecule has 0 saturated heterocycles. The van der Waals surface area contributed by atoms with Crippen molar-refractivity contribution in [2.75, 3.05) is 5.73 Å². The van der Waals surface area contributed by atoms with Gasteiger partial charge < -0.3 is 5.73 Å². The predicted octanol–water partition coefficient (Wildman–Crippen LogP) is 2.84. The second-order valence-corrected chi connectivity index (χ2v) is 6.80. The highest BCUT2D eigenvalue weighted by atomic mass is 32.1. The van der Waals surface area contributed by atoms with Gasteiger partial charge in [-0.3, -0.25) is 9.51 Å². The van der Waals surface area contributed by atoms with Gasteiger partial charge in [0.25, 0.3) is 0 Å². The number of H-pyrrole nitrogens is 1. The molecule has 9 heteroatoms. The SMILES string of the molecule is Cc1cccc2scc(-c3cnc4c(-c5noc(=O)[nH]5)cnn4c3N)c12. The van der Waals surface area contributed by atoms with Crippen LogP contribution in [0.3, 0.4) is 0 Å². The molecule has 0 fully saturated rings. The summed E-state index contributed by atoms with van der Waals surface area (Å²) < 4.78 is 7.29. The molecule has 128 valence electrons. The maximum absolute atomic E-state index is 11.2. The number of aryl methyl sites for hydroxylation is 1. The van der Waals surface area contributed by atoms with Crippen molar-refractivity contribution >= 4 is 32.9 Å². The fourth-order valence-electron chi connectivity index (χ4n) is 3.13. The molecule has 26 heavy (non-hydrogen) atoms.